The quantitative estimate of drug-likeness (QED) is 0.928. The number of aromatic nitrogens is 2. The molecule has 1 atom stereocenters. The molecule has 1 fully saturated rings. The largest absolute Gasteiger partial charge is 0.328 e. The fraction of sp³-hybridized carbons (Fsp3) is 0.533. The molecule has 0 bridgehead atoms. The van der Waals surface area contributed by atoms with Gasteiger partial charge in [0.05, 0.1) is 11.0 Å². The van der Waals surface area contributed by atoms with Crippen LogP contribution in [0.3, 0.4) is 0 Å². The van der Waals surface area contributed by atoms with Crippen LogP contribution < -0.4 is 5.32 Å². The molecule has 1 aliphatic rings. The lowest BCUT2D eigenvalue weighted by atomic mass is 10.1. The first-order valence-corrected chi connectivity index (χ1v) is 7.54. The Morgan fingerprint density at radius 2 is 2.37 bits per heavy atom. The molecule has 0 radical (unpaired) electrons. The summed E-state index contributed by atoms with van der Waals surface area (Å²) in [5.74, 6) is 1.19. The van der Waals surface area contributed by atoms with Crippen molar-refractivity contribution in [3.63, 3.8) is 0 Å². The molecule has 2 heterocycles. The highest BCUT2D eigenvalue weighted by Gasteiger charge is 2.18. The Morgan fingerprint density at radius 1 is 1.47 bits per heavy atom. The topological polar surface area (TPSA) is 29.9 Å². The highest BCUT2D eigenvalue weighted by molar-refractivity contribution is 6.31. The minimum absolute atomic E-state index is 0.586. The normalized spacial score (nSPS) is 19.4. The minimum Gasteiger partial charge on any atom is -0.328 e. The van der Waals surface area contributed by atoms with Crippen molar-refractivity contribution in [3.05, 3.63) is 29.0 Å². The van der Waals surface area contributed by atoms with Crippen molar-refractivity contribution in [3.8, 4) is 0 Å². The molecule has 1 unspecified atom stereocenters. The number of aryl methyl sites for hydroxylation is 1. The Bertz CT molecular complexity index is 570. The average Bonchev–Trinajstić information content (AvgIpc) is 2.99. The van der Waals surface area contributed by atoms with Crippen molar-refractivity contribution < 1.29 is 0 Å². The summed E-state index contributed by atoms with van der Waals surface area (Å²) in [7, 11) is 0. The molecule has 0 aliphatic carbocycles. The summed E-state index contributed by atoms with van der Waals surface area (Å²) < 4.78 is 2.35. The van der Waals surface area contributed by atoms with Crippen LogP contribution in [0.15, 0.2) is 18.2 Å². The summed E-state index contributed by atoms with van der Waals surface area (Å²) in [6.07, 6.45) is 4.69. The van der Waals surface area contributed by atoms with Gasteiger partial charge < -0.3 is 9.88 Å². The maximum absolute atomic E-state index is 6.07. The van der Waals surface area contributed by atoms with Crippen LogP contribution in [0.2, 0.25) is 5.02 Å². The summed E-state index contributed by atoms with van der Waals surface area (Å²) in [6, 6.07) is 6.60. The summed E-state index contributed by atoms with van der Waals surface area (Å²) in [4.78, 5) is 4.79. The van der Waals surface area contributed by atoms with E-state index in [1.54, 1.807) is 0 Å². The fourth-order valence-corrected chi connectivity index (χ4v) is 3.10. The van der Waals surface area contributed by atoms with Crippen LogP contribution in [-0.4, -0.2) is 22.1 Å². The Balaban J connectivity index is 1.98. The van der Waals surface area contributed by atoms with E-state index in [9.17, 15) is 0 Å². The van der Waals surface area contributed by atoms with Crippen LogP contribution in [0.1, 0.15) is 32.0 Å². The first kappa shape index (κ1) is 12.9. The average molecular weight is 278 g/mol. The second-order valence-electron chi connectivity index (χ2n) is 5.31. The molecule has 1 saturated heterocycles. The van der Waals surface area contributed by atoms with Crippen LogP contribution in [0.4, 0.5) is 0 Å². The van der Waals surface area contributed by atoms with Crippen LogP contribution in [0, 0.1) is 0 Å². The van der Waals surface area contributed by atoms with E-state index in [1.807, 2.05) is 12.1 Å². The predicted octanol–water partition coefficient (Wildman–Crippen LogP) is 3.39. The highest BCUT2D eigenvalue weighted by atomic mass is 35.5. The van der Waals surface area contributed by atoms with Gasteiger partial charge in [0.25, 0.3) is 0 Å². The number of fused-ring (bicyclic) bond motifs is 1. The highest BCUT2D eigenvalue weighted by Crippen LogP contribution is 2.22. The number of imidazole rings is 1. The number of nitrogens with zero attached hydrogens (tertiary/aromatic N) is 2. The van der Waals surface area contributed by atoms with Crippen LogP contribution in [0.25, 0.3) is 11.0 Å². The van der Waals surface area contributed by atoms with Crippen LogP contribution >= 0.6 is 11.6 Å². The van der Waals surface area contributed by atoms with Gasteiger partial charge in [-0.05, 0) is 44.0 Å². The molecule has 3 rings (SSSR count). The Hall–Kier alpha value is -1.06. The van der Waals surface area contributed by atoms with E-state index in [1.165, 1.54) is 24.2 Å². The predicted molar refractivity (Wildman–Crippen MR) is 79.8 cm³/mol. The zero-order chi connectivity index (χ0) is 13.2. The Labute approximate surface area is 119 Å². The SMILES string of the molecule is CCCn1c(CC2CCCN2)nc2cc(Cl)ccc21. The summed E-state index contributed by atoms with van der Waals surface area (Å²) >= 11 is 6.07. The van der Waals surface area contributed by atoms with Gasteiger partial charge in [-0.15, -0.1) is 0 Å². The van der Waals surface area contributed by atoms with E-state index in [4.69, 9.17) is 16.6 Å². The molecular formula is C15H20ClN3. The van der Waals surface area contributed by atoms with Gasteiger partial charge in [0.2, 0.25) is 0 Å². The molecule has 0 saturated carbocycles. The van der Waals surface area contributed by atoms with Gasteiger partial charge in [-0.25, -0.2) is 4.98 Å². The second kappa shape index (κ2) is 5.51. The zero-order valence-corrected chi connectivity index (χ0v) is 12.1. The zero-order valence-electron chi connectivity index (χ0n) is 11.3. The van der Waals surface area contributed by atoms with Gasteiger partial charge in [-0.1, -0.05) is 18.5 Å². The maximum atomic E-state index is 6.07. The van der Waals surface area contributed by atoms with Crippen molar-refractivity contribution >= 4 is 22.6 Å². The lowest BCUT2D eigenvalue weighted by molar-refractivity contribution is 0.556. The molecule has 1 N–H and O–H groups in total. The lowest BCUT2D eigenvalue weighted by Gasteiger charge is -2.12. The monoisotopic (exact) mass is 277 g/mol. The van der Waals surface area contributed by atoms with Gasteiger partial charge >= 0.3 is 0 Å². The molecule has 1 aromatic carbocycles. The number of hydrogen-bond donors (Lipinski definition) is 1. The van der Waals surface area contributed by atoms with Crippen molar-refractivity contribution in [1.82, 2.24) is 14.9 Å². The van der Waals surface area contributed by atoms with Crippen molar-refractivity contribution in [2.75, 3.05) is 6.54 Å². The van der Waals surface area contributed by atoms with Gasteiger partial charge in [0, 0.05) is 24.0 Å². The minimum atomic E-state index is 0.586. The number of benzene rings is 1. The summed E-state index contributed by atoms with van der Waals surface area (Å²) in [5.41, 5.74) is 2.23. The van der Waals surface area contributed by atoms with E-state index in [0.717, 1.165) is 36.5 Å². The van der Waals surface area contributed by atoms with Crippen molar-refractivity contribution in [2.45, 2.75) is 45.2 Å². The van der Waals surface area contributed by atoms with Crippen LogP contribution in [-0.2, 0) is 13.0 Å². The molecule has 19 heavy (non-hydrogen) atoms. The Kier molecular flexibility index (Phi) is 3.76. The van der Waals surface area contributed by atoms with Gasteiger partial charge in [-0.2, -0.15) is 0 Å². The first-order valence-electron chi connectivity index (χ1n) is 7.16. The molecule has 1 aliphatic heterocycles. The molecule has 3 nitrogen and oxygen atoms in total. The molecular weight excluding hydrogens is 258 g/mol. The molecule has 4 heteroatoms. The molecule has 0 amide bonds. The van der Waals surface area contributed by atoms with Crippen LogP contribution in [0.5, 0.6) is 0 Å². The van der Waals surface area contributed by atoms with Gasteiger partial charge in [-0.3, -0.25) is 0 Å². The third-order valence-electron chi connectivity index (χ3n) is 3.83. The van der Waals surface area contributed by atoms with Gasteiger partial charge in [0.1, 0.15) is 5.82 Å². The van der Waals surface area contributed by atoms with E-state index >= 15 is 0 Å². The third kappa shape index (κ3) is 2.63. The molecule has 2 aromatic rings. The molecule has 0 spiro atoms. The first-order chi connectivity index (χ1) is 9.28. The number of halogens is 1. The standard InChI is InChI=1S/C15H20ClN3/c1-2-8-19-14-6-5-11(16)9-13(14)18-15(19)10-12-4-3-7-17-12/h5-6,9,12,17H,2-4,7-8,10H2,1H3. The van der Waals surface area contributed by atoms with E-state index in [-0.39, 0.29) is 0 Å². The van der Waals surface area contributed by atoms with E-state index in [2.05, 4.69) is 22.9 Å². The van der Waals surface area contributed by atoms with Crippen molar-refractivity contribution in [1.29, 1.82) is 0 Å². The number of rotatable bonds is 4. The molecule has 1 aromatic heterocycles. The Morgan fingerprint density at radius 3 is 3.11 bits per heavy atom. The lowest BCUT2D eigenvalue weighted by Crippen LogP contribution is -2.25. The summed E-state index contributed by atoms with van der Waals surface area (Å²) in [5, 5.41) is 4.31. The second-order valence-corrected chi connectivity index (χ2v) is 5.75. The third-order valence-corrected chi connectivity index (χ3v) is 4.06. The summed E-state index contributed by atoms with van der Waals surface area (Å²) in [6.45, 7) is 4.38. The smallest absolute Gasteiger partial charge is 0.111 e. The van der Waals surface area contributed by atoms with E-state index in [0.29, 0.717) is 6.04 Å². The maximum Gasteiger partial charge on any atom is 0.111 e. The van der Waals surface area contributed by atoms with E-state index < -0.39 is 0 Å². The van der Waals surface area contributed by atoms with Gasteiger partial charge in [0.15, 0.2) is 0 Å². The fourth-order valence-electron chi connectivity index (χ4n) is 2.93. The number of nitrogens with one attached hydrogen (secondary N) is 1. The van der Waals surface area contributed by atoms with Crippen molar-refractivity contribution in [2.24, 2.45) is 0 Å². The molecule has 102 valence electrons. The number of hydrogen-bond acceptors (Lipinski definition) is 2.